The van der Waals surface area contributed by atoms with Gasteiger partial charge in [-0.2, -0.15) is 8.78 Å². The van der Waals surface area contributed by atoms with Crippen molar-refractivity contribution in [2.75, 3.05) is 13.2 Å². The molecule has 0 heterocycles. The van der Waals surface area contributed by atoms with Gasteiger partial charge in [0.05, 0.1) is 5.56 Å². The molecule has 0 saturated carbocycles. The third-order valence-corrected chi connectivity index (χ3v) is 3.37. The standard InChI is InChI=1S/C15H18F2N2O4S/c1-9(2)7-18-15(22)19-12(20)8-23-13(21)10-5-3-4-6-11(10)24-14(16)17/h3-6,9,14H,7-8H2,1-2H3,(H2,18,19,20,22). The normalized spacial score (nSPS) is 10.6. The zero-order valence-electron chi connectivity index (χ0n) is 13.2. The van der Waals surface area contributed by atoms with Crippen LogP contribution >= 0.6 is 11.8 Å². The number of carbonyl (C=O) groups excluding carboxylic acids is 3. The van der Waals surface area contributed by atoms with Gasteiger partial charge >= 0.3 is 12.0 Å². The van der Waals surface area contributed by atoms with Gasteiger partial charge in [0.15, 0.2) is 6.61 Å². The van der Waals surface area contributed by atoms with Crippen molar-refractivity contribution in [3.63, 3.8) is 0 Å². The molecule has 2 N–H and O–H groups in total. The van der Waals surface area contributed by atoms with Crippen molar-refractivity contribution >= 4 is 29.7 Å². The molecule has 1 aromatic carbocycles. The van der Waals surface area contributed by atoms with Crippen molar-refractivity contribution in [2.45, 2.75) is 24.5 Å². The van der Waals surface area contributed by atoms with E-state index in [1.54, 1.807) is 0 Å². The number of halogens is 2. The van der Waals surface area contributed by atoms with E-state index < -0.39 is 30.3 Å². The monoisotopic (exact) mass is 360 g/mol. The molecule has 0 aliphatic carbocycles. The van der Waals surface area contributed by atoms with Gasteiger partial charge in [0.1, 0.15) is 0 Å². The van der Waals surface area contributed by atoms with Crippen molar-refractivity contribution in [1.29, 1.82) is 0 Å². The number of benzene rings is 1. The summed E-state index contributed by atoms with van der Waals surface area (Å²) in [7, 11) is 0. The molecular weight excluding hydrogens is 342 g/mol. The molecule has 1 aromatic rings. The summed E-state index contributed by atoms with van der Waals surface area (Å²) in [5, 5.41) is 4.46. The van der Waals surface area contributed by atoms with E-state index in [1.807, 2.05) is 19.2 Å². The lowest BCUT2D eigenvalue weighted by atomic mass is 10.2. The number of ether oxygens (including phenoxy) is 1. The van der Waals surface area contributed by atoms with Gasteiger partial charge in [-0.25, -0.2) is 9.59 Å². The first-order valence-electron chi connectivity index (χ1n) is 7.08. The third kappa shape index (κ3) is 7.40. The van der Waals surface area contributed by atoms with Crippen molar-refractivity contribution in [3.05, 3.63) is 29.8 Å². The van der Waals surface area contributed by atoms with Gasteiger partial charge in [-0.1, -0.05) is 37.7 Å². The number of hydrogen-bond donors (Lipinski definition) is 2. The van der Waals surface area contributed by atoms with Gasteiger partial charge < -0.3 is 10.1 Å². The van der Waals surface area contributed by atoms with Crippen molar-refractivity contribution in [2.24, 2.45) is 5.92 Å². The minimum absolute atomic E-state index is 0.0487. The molecular formula is C15H18F2N2O4S. The van der Waals surface area contributed by atoms with Crippen molar-refractivity contribution in [3.8, 4) is 0 Å². The summed E-state index contributed by atoms with van der Waals surface area (Å²) >= 11 is 0.209. The molecule has 0 atom stereocenters. The van der Waals surface area contributed by atoms with Crippen molar-refractivity contribution < 1.29 is 27.9 Å². The first-order chi connectivity index (χ1) is 11.3. The second kappa shape index (κ2) is 9.86. The first-order valence-corrected chi connectivity index (χ1v) is 7.96. The molecule has 0 fully saturated rings. The summed E-state index contributed by atoms with van der Waals surface area (Å²) in [6.07, 6.45) is 0. The first kappa shape index (κ1) is 19.9. The summed E-state index contributed by atoms with van der Waals surface area (Å²) in [5.41, 5.74) is -0.0696. The van der Waals surface area contributed by atoms with Crippen molar-refractivity contribution in [1.82, 2.24) is 10.6 Å². The van der Waals surface area contributed by atoms with Gasteiger partial charge in [0.25, 0.3) is 11.7 Å². The van der Waals surface area contributed by atoms with E-state index >= 15 is 0 Å². The summed E-state index contributed by atoms with van der Waals surface area (Å²) < 4.78 is 29.7. The Morgan fingerprint density at radius 1 is 1.21 bits per heavy atom. The molecule has 132 valence electrons. The SMILES string of the molecule is CC(C)CNC(=O)NC(=O)COC(=O)c1ccccc1SC(F)F. The minimum atomic E-state index is -2.69. The van der Waals surface area contributed by atoms with Crippen LogP contribution < -0.4 is 10.6 Å². The van der Waals surface area contributed by atoms with E-state index in [1.165, 1.54) is 24.3 Å². The number of urea groups is 1. The van der Waals surface area contributed by atoms with Crippen LogP contribution in [0.1, 0.15) is 24.2 Å². The van der Waals surface area contributed by atoms with E-state index in [0.717, 1.165) is 0 Å². The fourth-order valence-corrected chi connectivity index (χ4v) is 2.17. The molecule has 0 radical (unpaired) electrons. The molecule has 6 nitrogen and oxygen atoms in total. The smallest absolute Gasteiger partial charge is 0.339 e. The quantitative estimate of drug-likeness (QED) is 0.577. The van der Waals surface area contributed by atoms with Crippen LogP contribution in [0.4, 0.5) is 13.6 Å². The predicted octanol–water partition coefficient (Wildman–Crippen LogP) is 2.64. The molecule has 0 spiro atoms. The highest BCUT2D eigenvalue weighted by atomic mass is 32.2. The predicted molar refractivity (Wildman–Crippen MR) is 85.0 cm³/mol. The number of hydrogen-bond acceptors (Lipinski definition) is 5. The molecule has 0 unspecified atom stereocenters. The molecule has 0 aromatic heterocycles. The number of thioether (sulfide) groups is 1. The van der Waals surface area contributed by atoms with Crippen LogP contribution in [0, 0.1) is 5.92 Å². The van der Waals surface area contributed by atoms with Crippen LogP contribution in [-0.2, 0) is 9.53 Å². The van der Waals surface area contributed by atoms with E-state index in [9.17, 15) is 23.2 Å². The van der Waals surface area contributed by atoms with Crippen LogP contribution in [-0.4, -0.2) is 36.8 Å². The summed E-state index contributed by atoms with van der Waals surface area (Å²) in [5.74, 6) is -4.21. The van der Waals surface area contributed by atoms with Crippen LogP contribution in [0.5, 0.6) is 0 Å². The van der Waals surface area contributed by atoms with Gasteiger partial charge in [-0.3, -0.25) is 10.1 Å². The molecule has 3 amide bonds. The Morgan fingerprint density at radius 3 is 2.50 bits per heavy atom. The Morgan fingerprint density at radius 2 is 1.88 bits per heavy atom. The zero-order chi connectivity index (χ0) is 18.1. The number of amides is 3. The molecule has 9 heteroatoms. The zero-order valence-corrected chi connectivity index (χ0v) is 14.0. The number of alkyl halides is 2. The maximum Gasteiger partial charge on any atom is 0.339 e. The number of esters is 1. The fraction of sp³-hybridized carbons (Fsp3) is 0.400. The maximum atomic E-state index is 12.5. The molecule has 0 aliphatic rings. The van der Waals surface area contributed by atoms with Crippen LogP contribution in [0.25, 0.3) is 0 Å². The maximum absolute atomic E-state index is 12.5. The Kier molecular flexibility index (Phi) is 8.17. The lowest BCUT2D eigenvalue weighted by Crippen LogP contribution is -2.42. The average Bonchev–Trinajstić information content (AvgIpc) is 2.50. The lowest BCUT2D eigenvalue weighted by Gasteiger charge is -2.10. The molecule has 1 rings (SSSR count). The lowest BCUT2D eigenvalue weighted by molar-refractivity contribution is -0.123. The van der Waals surface area contributed by atoms with Crippen LogP contribution in [0.15, 0.2) is 29.2 Å². The summed E-state index contributed by atoms with van der Waals surface area (Å²) in [4.78, 5) is 34.8. The molecule has 24 heavy (non-hydrogen) atoms. The van der Waals surface area contributed by atoms with Gasteiger partial charge in [-0.05, 0) is 18.1 Å². The Labute approximate surface area is 142 Å². The molecule has 0 aliphatic heterocycles. The van der Waals surface area contributed by atoms with Gasteiger partial charge in [-0.15, -0.1) is 0 Å². The Hall–Kier alpha value is -2.16. The number of carbonyl (C=O) groups is 3. The second-order valence-electron chi connectivity index (χ2n) is 5.10. The number of nitrogens with one attached hydrogen (secondary N) is 2. The third-order valence-electron chi connectivity index (χ3n) is 2.58. The Balaban J connectivity index is 2.51. The highest BCUT2D eigenvalue weighted by Gasteiger charge is 2.18. The van der Waals surface area contributed by atoms with E-state index in [2.05, 4.69) is 5.32 Å². The highest BCUT2D eigenvalue weighted by Crippen LogP contribution is 2.28. The second-order valence-corrected chi connectivity index (χ2v) is 6.13. The van der Waals surface area contributed by atoms with Crippen LogP contribution in [0.2, 0.25) is 0 Å². The minimum Gasteiger partial charge on any atom is -0.452 e. The number of rotatable bonds is 7. The van der Waals surface area contributed by atoms with E-state index in [-0.39, 0.29) is 28.1 Å². The summed E-state index contributed by atoms with van der Waals surface area (Å²) in [6, 6.07) is 4.98. The van der Waals surface area contributed by atoms with E-state index in [0.29, 0.717) is 6.54 Å². The largest absolute Gasteiger partial charge is 0.452 e. The molecule has 0 bridgehead atoms. The van der Waals surface area contributed by atoms with Gasteiger partial charge in [0.2, 0.25) is 0 Å². The van der Waals surface area contributed by atoms with Gasteiger partial charge in [0, 0.05) is 11.4 Å². The fourth-order valence-electron chi connectivity index (χ4n) is 1.55. The van der Waals surface area contributed by atoms with Crippen LogP contribution in [0.3, 0.4) is 0 Å². The topological polar surface area (TPSA) is 84.5 Å². The average molecular weight is 360 g/mol. The Bertz CT molecular complexity index is 597. The van der Waals surface area contributed by atoms with E-state index in [4.69, 9.17) is 4.74 Å². The summed E-state index contributed by atoms with van der Waals surface area (Å²) in [6.45, 7) is 3.47. The number of imide groups is 1. The molecule has 0 saturated heterocycles. The highest BCUT2D eigenvalue weighted by molar-refractivity contribution is 7.99.